The van der Waals surface area contributed by atoms with Gasteiger partial charge in [0.05, 0.1) is 5.71 Å². The zero-order valence-corrected chi connectivity index (χ0v) is 16.6. The Morgan fingerprint density at radius 3 is 2.78 bits per heavy atom. The molecule has 4 rings (SSSR count). The van der Waals surface area contributed by atoms with Gasteiger partial charge in [-0.05, 0) is 75.5 Å². The largest absolute Gasteiger partial charge is 0.445 e. The van der Waals surface area contributed by atoms with Crippen LogP contribution in [0.4, 0.5) is 0 Å². The fourth-order valence-corrected chi connectivity index (χ4v) is 7.33. The van der Waals surface area contributed by atoms with E-state index in [1.807, 2.05) is 0 Å². The van der Waals surface area contributed by atoms with Gasteiger partial charge in [-0.2, -0.15) is 0 Å². The summed E-state index contributed by atoms with van der Waals surface area (Å²) in [7, 11) is 0. The van der Waals surface area contributed by atoms with E-state index in [2.05, 4.69) is 18.0 Å². The van der Waals surface area contributed by atoms with Gasteiger partial charge in [0.25, 0.3) is 0 Å². The molecule has 4 nitrogen and oxygen atoms in total. The summed E-state index contributed by atoms with van der Waals surface area (Å²) in [5, 5.41) is 12.7. The summed E-state index contributed by atoms with van der Waals surface area (Å²) in [6.07, 6.45) is 16.2. The zero-order valence-electron chi connectivity index (χ0n) is 16.6. The van der Waals surface area contributed by atoms with Crippen LogP contribution in [0.15, 0.2) is 16.3 Å². The van der Waals surface area contributed by atoms with Crippen LogP contribution < -0.4 is 0 Å². The zero-order chi connectivity index (χ0) is 19.2. The van der Waals surface area contributed by atoms with Crippen LogP contribution in [0.3, 0.4) is 0 Å². The molecule has 4 aliphatic rings. The van der Waals surface area contributed by atoms with Crippen molar-refractivity contribution < 1.29 is 14.7 Å². The molecule has 1 N–H and O–H groups in total. The van der Waals surface area contributed by atoms with Crippen molar-refractivity contribution in [1.82, 2.24) is 0 Å². The maximum atomic E-state index is 11.9. The summed E-state index contributed by atoms with van der Waals surface area (Å²) in [6.45, 7) is 3.72. The van der Waals surface area contributed by atoms with Crippen molar-refractivity contribution in [2.45, 2.75) is 83.7 Å². The van der Waals surface area contributed by atoms with Gasteiger partial charge in [-0.1, -0.05) is 29.1 Å². The van der Waals surface area contributed by atoms with Crippen molar-refractivity contribution in [2.24, 2.45) is 28.3 Å². The Kier molecular flexibility index (Phi) is 4.61. The van der Waals surface area contributed by atoms with Gasteiger partial charge in [0.2, 0.25) is 0 Å². The molecule has 0 amide bonds. The average molecular weight is 370 g/mol. The maximum absolute atomic E-state index is 11.9. The van der Waals surface area contributed by atoms with Crippen LogP contribution in [0.1, 0.15) is 78.1 Å². The van der Waals surface area contributed by atoms with Gasteiger partial charge in [-0.15, -0.1) is 6.42 Å². The number of oxime groups is 1. The lowest BCUT2D eigenvalue weighted by atomic mass is 9.51. The van der Waals surface area contributed by atoms with Crippen LogP contribution in [0.5, 0.6) is 0 Å². The first-order valence-corrected chi connectivity index (χ1v) is 10.6. The SMILES string of the molecule is C#C[C@]1(OC(C)=O)CC[C@H]2[C@@H]3CCC4=C(CCC(=NO)C4)[C@H]3CC[C@@]21CC. The van der Waals surface area contributed by atoms with Crippen LogP contribution in [0.2, 0.25) is 0 Å². The third-order valence-corrected chi connectivity index (χ3v) is 8.36. The molecule has 0 aromatic rings. The van der Waals surface area contributed by atoms with Crippen molar-refractivity contribution in [3.8, 4) is 12.3 Å². The third kappa shape index (κ3) is 2.57. The second-order valence-electron chi connectivity index (χ2n) is 9.04. The summed E-state index contributed by atoms with van der Waals surface area (Å²) < 4.78 is 5.90. The highest BCUT2D eigenvalue weighted by Crippen LogP contribution is 2.66. The fourth-order valence-electron chi connectivity index (χ4n) is 7.33. The summed E-state index contributed by atoms with van der Waals surface area (Å²) in [5.41, 5.74) is 3.32. The number of carbonyl (C=O) groups excluding carboxylic acids is 1. The normalized spacial score (nSPS) is 42.1. The van der Waals surface area contributed by atoms with E-state index in [-0.39, 0.29) is 11.4 Å². The van der Waals surface area contributed by atoms with Crippen molar-refractivity contribution in [3.63, 3.8) is 0 Å². The molecule has 5 atom stereocenters. The molecule has 0 aromatic carbocycles. The molecule has 2 fully saturated rings. The quantitative estimate of drug-likeness (QED) is 0.249. The van der Waals surface area contributed by atoms with Crippen molar-refractivity contribution >= 4 is 11.7 Å². The lowest BCUT2D eigenvalue weighted by molar-refractivity contribution is -0.169. The predicted molar refractivity (Wildman–Crippen MR) is 104 cm³/mol. The molecule has 2 saturated carbocycles. The minimum Gasteiger partial charge on any atom is -0.445 e. The van der Waals surface area contributed by atoms with E-state index in [4.69, 9.17) is 16.4 Å². The Morgan fingerprint density at radius 1 is 1.30 bits per heavy atom. The molecule has 146 valence electrons. The predicted octanol–water partition coefficient (Wildman–Crippen LogP) is 4.86. The van der Waals surface area contributed by atoms with Crippen molar-refractivity contribution in [3.05, 3.63) is 11.1 Å². The van der Waals surface area contributed by atoms with E-state index < -0.39 is 5.60 Å². The smallest absolute Gasteiger partial charge is 0.304 e. The molecular weight excluding hydrogens is 338 g/mol. The second kappa shape index (κ2) is 6.69. The van der Waals surface area contributed by atoms with E-state index in [1.54, 1.807) is 5.57 Å². The molecule has 4 heteroatoms. The minimum absolute atomic E-state index is 0.0704. The third-order valence-electron chi connectivity index (χ3n) is 8.36. The number of allylic oxidation sites excluding steroid dienone is 2. The Balaban J connectivity index is 1.67. The molecule has 0 aromatic heterocycles. The van der Waals surface area contributed by atoms with E-state index in [9.17, 15) is 4.79 Å². The first kappa shape index (κ1) is 18.6. The Hall–Kier alpha value is -1.76. The molecule has 27 heavy (non-hydrogen) atoms. The molecule has 0 unspecified atom stereocenters. The number of esters is 1. The van der Waals surface area contributed by atoms with Gasteiger partial charge in [-0.25, -0.2) is 0 Å². The summed E-state index contributed by atoms with van der Waals surface area (Å²) in [4.78, 5) is 11.9. The summed E-state index contributed by atoms with van der Waals surface area (Å²) in [5.74, 6) is 4.55. The highest BCUT2D eigenvalue weighted by molar-refractivity contribution is 5.87. The topological polar surface area (TPSA) is 58.9 Å². The van der Waals surface area contributed by atoms with Gasteiger partial charge in [0, 0.05) is 18.8 Å². The number of ether oxygens (including phenoxy) is 1. The van der Waals surface area contributed by atoms with Crippen LogP contribution in [-0.4, -0.2) is 22.5 Å². The number of terminal acetylenes is 1. The lowest BCUT2D eigenvalue weighted by Crippen LogP contribution is -2.54. The number of fused-ring (bicyclic) bond motifs is 4. The van der Waals surface area contributed by atoms with Crippen molar-refractivity contribution in [1.29, 1.82) is 0 Å². The van der Waals surface area contributed by atoms with Crippen molar-refractivity contribution in [2.75, 3.05) is 0 Å². The van der Waals surface area contributed by atoms with Crippen LogP contribution in [0, 0.1) is 35.5 Å². The molecule has 0 radical (unpaired) electrons. The first-order valence-electron chi connectivity index (χ1n) is 10.6. The van der Waals surface area contributed by atoms with E-state index in [0.29, 0.717) is 17.8 Å². The number of rotatable bonds is 2. The highest BCUT2D eigenvalue weighted by atomic mass is 16.6. The fraction of sp³-hybridized carbons (Fsp3) is 0.739. The summed E-state index contributed by atoms with van der Waals surface area (Å²) >= 11 is 0. The number of hydrogen-bond acceptors (Lipinski definition) is 4. The highest BCUT2D eigenvalue weighted by Gasteiger charge is 2.65. The lowest BCUT2D eigenvalue weighted by Gasteiger charge is -2.55. The van der Waals surface area contributed by atoms with Gasteiger partial charge in [0.1, 0.15) is 0 Å². The molecule has 0 saturated heterocycles. The molecule has 0 heterocycles. The minimum atomic E-state index is -0.721. The molecule has 0 spiro atoms. The van der Waals surface area contributed by atoms with Crippen LogP contribution in [0.25, 0.3) is 0 Å². The monoisotopic (exact) mass is 369 g/mol. The van der Waals surface area contributed by atoms with Crippen LogP contribution in [-0.2, 0) is 9.53 Å². The Labute approximate surface area is 162 Å². The number of hydrogen-bond donors (Lipinski definition) is 1. The van der Waals surface area contributed by atoms with E-state index in [1.165, 1.54) is 18.9 Å². The van der Waals surface area contributed by atoms with E-state index in [0.717, 1.165) is 63.5 Å². The van der Waals surface area contributed by atoms with Gasteiger partial charge in [-0.3, -0.25) is 4.79 Å². The number of carbonyl (C=O) groups is 1. The average Bonchev–Trinajstić information content (AvgIpc) is 3.01. The molecular formula is C23H31NO3. The van der Waals surface area contributed by atoms with Gasteiger partial charge >= 0.3 is 5.97 Å². The molecule has 4 aliphatic carbocycles. The van der Waals surface area contributed by atoms with Gasteiger partial charge in [0.15, 0.2) is 5.60 Å². The van der Waals surface area contributed by atoms with Gasteiger partial charge < -0.3 is 9.94 Å². The Bertz CT molecular complexity index is 745. The Morgan fingerprint density at radius 2 is 2.11 bits per heavy atom. The maximum Gasteiger partial charge on any atom is 0.304 e. The summed E-state index contributed by atoms with van der Waals surface area (Å²) in [6, 6.07) is 0. The standard InChI is InChI=1S/C23H31NO3/c1-4-22-12-10-19-18-9-7-17(24-26)14-16(18)6-8-20(19)21(22)11-13-23(22,5-2)27-15(3)25/h2,19-21,26H,4,6-14H2,1,3H3/t19-,20-,21+,22+,23+/m1/s1. The first-order chi connectivity index (χ1) is 13.0. The molecule has 0 aliphatic heterocycles. The number of nitrogens with zero attached hydrogens (tertiary/aromatic N) is 1. The second-order valence-corrected chi connectivity index (χ2v) is 9.04. The molecule has 0 bridgehead atoms. The van der Waals surface area contributed by atoms with Crippen LogP contribution >= 0.6 is 0 Å². The van der Waals surface area contributed by atoms with E-state index >= 15 is 0 Å².